The Bertz CT molecular complexity index is 1520. The third kappa shape index (κ3) is 3.80. The van der Waals surface area contributed by atoms with Crippen LogP contribution in [0.5, 0.6) is 5.88 Å². The van der Waals surface area contributed by atoms with Gasteiger partial charge in [-0.1, -0.05) is 0 Å². The molecule has 190 valence electrons. The zero-order chi connectivity index (χ0) is 25.2. The maximum Gasteiger partial charge on any atom is 0.403 e. The van der Waals surface area contributed by atoms with Crippen molar-refractivity contribution in [3.8, 4) is 5.88 Å². The third-order valence-electron chi connectivity index (χ3n) is 6.96. The summed E-state index contributed by atoms with van der Waals surface area (Å²) in [4.78, 5) is 41.5. The number of aromatic hydroxyl groups is 1. The number of H-pyrrole nitrogens is 2. The van der Waals surface area contributed by atoms with Gasteiger partial charge in [-0.25, -0.2) is 9.78 Å². The normalized spacial score (nSPS) is 21.0. The Balaban J connectivity index is 1.32. The van der Waals surface area contributed by atoms with Crippen LogP contribution in [-0.2, 0) is 4.79 Å². The minimum absolute atomic E-state index is 0.151. The number of fused-ring (bicyclic) bond motifs is 1. The Morgan fingerprint density at radius 1 is 1.19 bits per heavy atom. The molecule has 4 heterocycles. The summed E-state index contributed by atoms with van der Waals surface area (Å²) in [6, 6.07) is 1.98. The first kappa shape index (κ1) is 22.6. The van der Waals surface area contributed by atoms with Gasteiger partial charge in [0.1, 0.15) is 16.9 Å². The van der Waals surface area contributed by atoms with Crippen molar-refractivity contribution >= 4 is 23.4 Å². The predicted molar refractivity (Wildman–Crippen MR) is 120 cm³/mol. The van der Waals surface area contributed by atoms with Gasteiger partial charge in [-0.2, -0.15) is 22.8 Å². The maximum atomic E-state index is 13.4. The highest BCUT2D eigenvalue weighted by atomic mass is 19.4. The molecule has 11 nitrogen and oxygen atoms in total. The van der Waals surface area contributed by atoms with Crippen LogP contribution in [0.2, 0.25) is 0 Å². The Labute approximate surface area is 201 Å². The summed E-state index contributed by atoms with van der Waals surface area (Å²) in [5.74, 6) is -0.588. The molecule has 0 radical (unpaired) electrons. The molecule has 1 saturated heterocycles. The van der Waals surface area contributed by atoms with Gasteiger partial charge in [0.25, 0.3) is 0 Å². The molecule has 0 aromatic carbocycles. The molecule has 2 aliphatic carbocycles. The number of hydrogen-bond donors (Lipinski definition) is 3. The SMILES string of the molecule is O=C(N1CCN(c2cc(=NC3CC3)n3ncc(=Cc4[nH]c(=O)[nH]c4O)c3n2)CC1)C1(C(F)(F)F)CC1. The number of imidazole rings is 1. The van der Waals surface area contributed by atoms with Crippen molar-refractivity contribution in [1.82, 2.24) is 29.5 Å². The van der Waals surface area contributed by atoms with E-state index in [0.717, 1.165) is 12.8 Å². The van der Waals surface area contributed by atoms with Crippen LogP contribution in [0, 0.1) is 5.41 Å². The van der Waals surface area contributed by atoms with Crippen LogP contribution in [0.1, 0.15) is 31.4 Å². The van der Waals surface area contributed by atoms with Gasteiger partial charge in [-0.05, 0) is 31.8 Å². The number of alkyl halides is 3. The molecule has 0 bridgehead atoms. The summed E-state index contributed by atoms with van der Waals surface area (Å²) >= 11 is 0. The topological polar surface area (TPSA) is 135 Å². The number of amides is 1. The number of anilines is 1. The molecule has 3 N–H and O–H groups in total. The molecule has 3 aromatic rings. The van der Waals surface area contributed by atoms with E-state index in [4.69, 9.17) is 9.98 Å². The first-order valence-electron chi connectivity index (χ1n) is 11.7. The molecular weight excluding hydrogens is 481 g/mol. The molecule has 0 spiro atoms. The Kier molecular flexibility index (Phi) is 4.92. The summed E-state index contributed by atoms with van der Waals surface area (Å²) in [6.45, 7) is 0.973. The molecule has 6 rings (SSSR count). The summed E-state index contributed by atoms with van der Waals surface area (Å²) in [5, 5.41) is 14.8. The minimum Gasteiger partial charge on any atom is -0.493 e. The minimum atomic E-state index is -4.53. The van der Waals surface area contributed by atoms with Crippen molar-refractivity contribution < 1.29 is 23.1 Å². The zero-order valence-corrected chi connectivity index (χ0v) is 19.0. The van der Waals surface area contributed by atoms with Crippen molar-refractivity contribution in [2.24, 2.45) is 10.4 Å². The van der Waals surface area contributed by atoms with Crippen molar-refractivity contribution in [3.05, 3.63) is 39.1 Å². The van der Waals surface area contributed by atoms with Crippen LogP contribution in [0.25, 0.3) is 11.7 Å². The second kappa shape index (κ2) is 7.83. The predicted octanol–water partition coefficient (Wildman–Crippen LogP) is 0.0532. The summed E-state index contributed by atoms with van der Waals surface area (Å²) in [6.07, 6.45) is 0.200. The van der Waals surface area contributed by atoms with Gasteiger partial charge in [-0.3, -0.25) is 14.8 Å². The van der Waals surface area contributed by atoms with Crippen LogP contribution in [-0.4, -0.2) is 78.9 Å². The van der Waals surface area contributed by atoms with Gasteiger partial charge >= 0.3 is 11.9 Å². The molecule has 2 saturated carbocycles. The van der Waals surface area contributed by atoms with Crippen LogP contribution < -0.4 is 21.3 Å². The zero-order valence-electron chi connectivity index (χ0n) is 19.0. The second-order valence-corrected chi connectivity index (χ2v) is 9.51. The van der Waals surface area contributed by atoms with Crippen LogP contribution in [0.15, 0.2) is 22.1 Å². The Morgan fingerprint density at radius 2 is 1.92 bits per heavy atom. The highest BCUT2D eigenvalue weighted by molar-refractivity contribution is 5.86. The van der Waals surface area contributed by atoms with Gasteiger partial charge in [0.15, 0.2) is 11.1 Å². The first-order valence-corrected chi connectivity index (χ1v) is 11.7. The van der Waals surface area contributed by atoms with Gasteiger partial charge in [0.2, 0.25) is 11.8 Å². The van der Waals surface area contributed by atoms with Gasteiger partial charge in [-0.15, -0.1) is 0 Å². The lowest BCUT2D eigenvalue weighted by Crippen LogP contribution is -2.53. The number of carbonyl (C=O) groups is 1. The van der Waals surface area contributed by atoms with E-state index in [1.165, 1.54) is 11.0 Å². The number of nitrogens with one attached hydrogen (secondary N) is 2. The van der Waals surface area contributed by atoms with E-state index in [9.17, 15) is 27.9 Å². The molecule has 1 aliphatic heterocycles. The number of rotatable bonds is 4. The number of piperazine rings is 1. The summed E-state index contributed by atoms with van der Waals surface area (Å²) in [5.41, 5.74) is -1.57. The molecule has 3 fully saturated rings. The Hall–Kier alpha value is -3.84. The van der Waals surface area contributed by atoms with Crippen LogP contribution in [0.4, 0.5) is 19.0 Å². The molecule has 36 heavy (non-hydrogen) atoms. The molecule has 3 aliphatic rings. The molecule has 3 aromatic heterocycles. The first-order chi connectivity index (χ1) is 17.1. The van der Waals surface area contributed by atoms with Crippen molar-refractivity contribution in [1.29, 1.82) is 0 Å². The van der Waals surface area contributed by atoms with E-state index in [2.05, 4.69) is 15.1 Å². The molecule has 14 heteroatoms. The molecule has 0 unspecified atom stereocenters. The lowest BCUT2D eigenvalue weighted by Gasteiger charge is -2.37. The number of aromatic amines is 2. The fourth-order valence-electron chi connectivity index (χ4n) is 4.53. The van der Waals surface area contributed by atoms with Crippen LogP contribution >= 0.6 is 0 Å². The fourth-order valence-corrected chi connectivity index (χ4v) is 4.53. The van der Waals surface area contributed by atoms with Crippen LogP contribution in [0.3, 0.4) is 0 Å². The highest BCUT2D eigenvalue weighted by Gasteiger charge is 2.69. The number of carbonyl (C=O) groups excluding carboxylic acids is 1. The number of nitrogens with zero attached hydrogens (tertiary/aromatic N) is 6. The summed E-state index contributed by atoms with van der Waals surface area (Å²) < 4.78 is 41.8. The average molecular weight is 504 g/mol. The van der Waals surface area contributed by atoms with Gasteiger partial charge < -0.3 is 19.9 Å². The van der Waals surface area contributed by atoms with E-state index in [0.29, 0.717) is 35.3 Å². The largest absolute Gasteiger partial charge is 0.493 e. The average Bonchev–Trinajstić information content (AvgIpc) is 3.75. The number of hydrogen-bond acceptors (Lipinski definition) is 7. The molecular formula is C22H23F3N8O3. The lowest BCUT2D eigenvalue weighted by atomic mass is 10.0. The smallest absolute Gasteiger partial charge is 0.403 e. The summed E-state index contributed by atoms with van der Waals surface area (Å²) in [7, 11) is 0. The van der Waals surface area contributed by atoms with E-state index in [1.54, 1.807) is 16.8 Å². The fraction of sp³-hybridized carbons (Fsp3) is 0.500. The quantitative estimate of drug-likeness (QED) is 0.460. The maximum absolute atomic E-state index is 13.4. The van der Waals surface area contributed by atoms with E-state index >= 15 is 0 Å². The monoisotopic (exact) mass is 504 g/mol. The second-order valence-electron chi connectivity index (χ2n) is 9.51. The van der Waals surface area contributed by atoms with Crippen molar-refractivity contribution in [2.45, 2.75) is 37.9 Å². The van der Waals surface area contributed by atoms with E-state index in [-0.39, 0.29) is 43.5 Å². The highest BCUT2D eigenvalue weighted by Crippen LogP contribution is 2.58. The van der Waals surface area contributed by atoms with Gasteiger partial charge in [0, 0.05) is 37.5 Å². The third-order valence-corrected chi connectivity index (χ3v) is 6.96. The van der Waals surface area contributed by atoms with Crippen molar-refractivity contribution in [2.75, 3.05) is 31.1 Å². The standard InChI is InChI=1S/C22H23F3N8O3/c23-22(24,25)21(3-4-21)19(35)32-7-5-31(6-8-32)15-10-16(27-13-1-2-13)33-17(29-15)12(11-26-33)9-14-18(34)30-20(36)28-14/h9-11,13,34H,1-8H2,(H2,28,30,36). The van der Waals surface area contributed by atoms with Gasteiger partial charge in [0.05, 0.1) is 12.2 Å². The Morgan fingerprint density at radius 3 is 2.50 bits per heavy atom. The van der Waals surface area contributed by atoms with Crippen molar-refractivity contribution in [3.63, 3.8) is 0 Å². The molecule has 1 amide bonds. The lowest BCUT2D eigenvalue weighted by molar-refractivity contribution is -0.198. The van der Waals surface area contributed by atoms with E-state index < -0.39 is 23.2 Å². The molecule has 0 atom stereocenters. The van der Waals surface area contributed by atoms with E-state index in [1.807, 2.05) is 4.90 Å². The number of halogens is 3. The number of aromatic nitrogens is 5.